The van der Waals surface area contributed by atoms with Gasteiger partial charge in [0.2, 0.25) is 0 Å². The third-order valence-electron chi connectivity index (χ3n) is 13.4. The summed E-state index contributed by atoms with van der Waals surface area (Å²) in [7, 11) is 0. The highest BCUT2D eigenvalue weighted by Gasteiger charge is 2.21. The third-order valence-corrected chi connectivity index (χ3v) is 13.4. The molecule has 308 valence electrons. The average Bonchev–Trinajstić information content (AvgIpc) is 3.79. The van der Waals surface area contributed by atoms with Crippen molar-refractivity contribution in [3.05, 3.63) is 249 Å². The van der Waals surface area contributed by atoms with Gasteiger partial charge < -0.3 is 9.32 Å². The molecule has 2 heteroatoms. The number of fused-ring (bicyclic) bond motifs is 9. The van der Waals surface area contributed by atoms with Crippen LogP contribution < -0.4 is 4.90 Å². The van der Waals surface area contributed by atoms with Crippen molar-refractivity contribution >= 4 is 82.1 Å². The van der Waals surface area contributed by atoms with E-state index in [1.54, 1.807) is 0 Å². The predicted molar refractivity (Wildman–Crippen MR) is 280 cm³/mol. The smallest absolute Gasteiger partial charge is 0.143 e. The number of benzene rings is 12. The molecule has 0 saturated heterocycles. The van der Waals surface area contributed by atoms with Crippen LogP contribution in [0.2, 0.25) is 0 Å². The summed E-state index contributed by atoms with van der Waals surface area (Å²) in [5.41, 5.74) is 14.6. The van der Waals surface area contributed by atoms with Crippen LogP contribution in [-0.4, -0.2) is 0 Å². The van der Waals surface area contributed by atoms with Gasteiger partial charge in [-0.1, -0.05) is 200 Å². The Morgan fingerprint density at radius 1 is 0.288 bits per heavy atom. The molecule has 0 saturated carbocycles. The summed E-state index contributed by atoms with van der Waals surface area (Å²) in [4.78, 5) is 2.42. The molecule has 12 aromatic carbocycles. The Balaban J connectivity index is 1.01. The number of hydrogen-bond donors (Lipinski definition) is 0. The first-order valence-corrected chi connectivity index (χ1v) is 22.7. The molecule has 13 rings (SSSR count). The van der Waals surface area contributed by atoms with E-state index in [9.17, 15) is 0 Å². The molecule has 0 spiro atoms. The van der Waals surface area contributed by atoms with Crippen LogP contribution in [0.3, 0.4) is 0 Å². The molecule has 0 N–H and O–H groups in total. The van der Waals surface area contributed by atoms with Crippen LogP contribution in [0.25, 0.3) is 110 Å². The first kappa shape index (κ1) is 37.8. The fourth-order valence-corrected chi connectivity index (χ4v) is 10.4. The summed E-state index contributed by atoms with van der Waals surface area (Å²) in [6, 6.07) is 90.3. The Bertz CT molecular complexity index is 3990. The number of hydrogen-bond acceptors (Lipinski definition) is 2. The second-order valence-electron chi connectivity index (χ2n) is 17.2. The lowest BCUT2D eigenvalue weighted by Gasteiger charge is -2.28. The van der Waals surface area contributed by atoms with Crippen molar-refractivity contribution in [1.29, 1.82) is 0 Å². The lowest BCUT2D eigenvalue weighted by molar-refractivity contribution is 0.673. The van der Waals surface area contributed by atoms with E-state index in [1.165, 1.54) is 60.0 Å². The van der Waals surface area contributed by atoms with Crippen molar-refractivity contribution in [2.45, 2.75) is 0 Å². The van der Waals surface area contributed by atoms with Gasteiger partial charge in [0.15, 0.2) is 0 Å². The van der Waals surface area contributed by atoms with Gasteiger partial charge in [-0.15, -0.1) is 0 Å². The van der Waals surface area contributed by atoms with Crippen LogP contribution in [0.15, 0.2) is 253 Å². The van der Waals surface area contributed by atoms with Crippen LogP contribution in [0.5, 0.6) is 0 Å². The zero-order valence-corrected chi connectivity index (χ0v) is 36.0. The number of anilines is 3. The summed E-state index contributed by atoms with van der Waals surface area (Å²) < 4.78 is 6.65. The Morgan fingerprint density at radius 2 is 0.803 bits per heavy atom. The van der Waals surface area contributed by atoms with Gasteiger partial charge in [0, 0.05) is 32.9 Å². The molecular formula is C64H41NO. The molecule has 0 unspecified atom stereocenters. The molecule has 0 fully saturated rings. The normalized spacial score (nSPS) is 11.6. The molecular weight excluding hydrogens is 799 g/mol. The van der Waals surface area contributed by atoms with E-state index in [0.717, 1.165) is 66.6 Å². The first-order chi connectivity index (χ1) is 32.7. The van der Waals surface area contributed by atoms with Gasteiger partial charge in [0.05, 0.1) is 5.69 Å². The van der Waals surface area contributed by atoms with Gasteiger partial charge in [-0.25, -0.2) is 0 Å². The molecule has 66 heavy (non-hydrogen) atoms. The summed E-state index contributed by atoms with van der Waals surface area (Å²) >= 11 is 0. The van der Waals surface area contributed by atoms with Crippen molar-refractivity contribution in [2.75, 3.05) is 4.90 Å². The van der Waals surface area contributed by atoms with Crippen molar-refractivity contribution in [3.63, 3.8) is 0 Å². The Hall–Kier alpha value is -8.72. The highest BCUT2D eigenvalue weighted by molar-refractivity contribution is 6.22. The quantitative estimate of drug-likeness (QED) is 0.149. The summed E-state index contributed by atoms with van der Waals surface area (Å²) in [6.45, 7) is 0. The van der Waals surface area contributed by atoms with Crippen LogP contribution in [0.1, 0.15) is 0 Å². The fraction of sp³-hybridized carbons (Fsp3) is 0. The molecule has 0 bridgehead atoms. The Morgan fingerprint density at radius 3 is 1.56 bits per heavy atom. The van der Waals surface area contributed by atoms with Gasteiger partial charge in [-0.2, -0.15) is 0 Å². The molecule has 0 amide bonds. The monoisotopic (exact) mass is 839 g/mol. The molecule has 0 aliphatic carbocycles. The van der Waals surface area contributed by atoms with E-state index in [1.807, 2.05) is 0 Å². The second-order valence-corrected chi connectivity index (χ2v) is 17.2. The molecule has 1 aromatic heterocycles. The van der Waals surface area contributed by atoms with Gasteiger partial charge in [0.25, 0.3) is 0 Å². The highest BCUT2D eigenvalue weighted by Crippen LogP contribution is 2.47. The summed E-state index contributed by atoms with van der Waals surface area (Å²) in [5.74, 6) is 0. The van der Waals surface area contributed by atoms with E-state index < -0.39 is 0 Å². The van der Waals surface area contributed by atoms with E-state index in [-0.39, 0.29) is 0 Å². The molecule has 0 aliphatic rings. The fourth-order valence-electron chi connectivity index (χ4n) is 10.4. The van der Waals surface area contributed by atoms with E-state index in [2.05, 4.69) is 254 Å². The lowest BCUT2D eigenvalue weighted by Crippen LogP contribution is -2.10. The number of furan rings is 1. The first-order valence-electron chi connectivity index (χ1n) is 22.7. The van der Waals surface area contributed by atoms with Crippen molar-refractivity contribution in [3.8, 4) is 44.5 Å². The molecule has 0 radical (unpaired) electrons. The largest absolute Gasteiger partial charge is 0.455 e. The maximum Gasteiger partial charge on any atom is 0.143 e. The molecule has 0 atom stereocenters. The van der Waals surface area contributed by atoms with E-state index >= 15 is 0 Å². The minimum atomic E-state index is 0.887. The van der Waals surface area contributed by atoms with E-state index in [4.69, 9.17) is 4.42 Å². The van der Waals surface area contributed by atoms with Crippen molar-refractivity contribution in [2.24, 2.45) is 0 Å². The van der Waals surface area contributed by atoms with Crippen molar-refractivity contribution in [1.82, 2.24) is 0 Å². The van der Waals surface area contributed by atoms with Crippen LogP contribution >= 0.6 is 0 Å². The zero-order valence-electron chi connectivity index (χ0n) is 36.0. The third kappa shape index (κ3) is 6.18. The van der Waals surface area contributed by atoms with Gasteiger partial charge in [-0.05, 0) is 125 Å². The number of nitrogens with zero attached hydrogens (tertiary/aromatic N) is 1. The van der Waals surface area contributed by atoms with Crippen molar-refractivity contribution < 1.29 is 4.42 Å². The lowest BCUT2D eigenvalue weighted by atomic mass is 9.84. The van der Waals surface area contributed by atoms with Gasteiger partial charge in [0.1, 0.15) is 11.2 Å². The number of rotatable bonds is 7. The Labute approximate surface area is 382 Å². The molecule has 0 aliphatic heterocycles. The maximum absolute atomic E-state index is 6.65. The highest BCUT2D eigenvalue weighted by atomic mass is 16.3. The average molecular weight is 840 g/mol. The second kappa shape index (κ2) is 15.5. The van der Waals surface area contributed by atoms with Gasteiger partial charge >= 0.3 is 0 Å². The maximum atomic E-state index is 6.65. The minimum absolute atomic E-state index is 0.887. The molecule has 1 heterocycles. The minimum Gasteiger partial charge on any atom is -0.455 e. The van der Waals surface area contributed by atoms with E-state index in [0.29, 0.717) is 0 Å². The van der Waals surface area contributed by atoms with Crippen LogP contribution in [-0.2, 0) is 0 Å². The van der Waals surface area contributed by atoms with Crippen LogP contribution in [0.4, 0.5) is 17.1 Å². The topological polar surface area (TPSA) is 16.4 Å². The summed E-state index contributed by atoms with van der Waals surface area (Å²) in [5, 5.41) is 11.9. The summed E-state index contributed by atoms with van der Waals surface area (Å²) in [6.07, 6.45) is 0. The Kier molecular flexibility index (Phi) is 8.89. The predicted octanol–water partition coefficient (Wildman–Crippen LogP) is 18.3. The van der Waals surface area contributed by atoms with Crippen LogP contribution in [0, 0.1) is 0 Å². The molecule has 2 nitrogen and oxygen atoms in total. The zero-order chi connectivity index (χ0) is 43.6. The van der Waals surface area contributed by atoms with Gasteiger partial charge in [-0.3, -0.25) is 0 Å². The molecule has 13 aromatic rings. The SMILES string of the molecule is c1ccc(-c2c(-c3ccccc3)c3cc(-c4cccc(N(c5cccc(-c6cccc7oc8c9ccccc9ccc8c67)c5)c5cccc6ccccc56)c4)ccc3c3ccccc23)cc1. The standard InChI is InChI=1S/C64H41NO/c1-3-19-44(20-4-1)61-56-31-12-11-30-54(56)55-37-36-47(41-58(55)62(61)45-21-5-2-6-22-45)46-24-13-26-49(39-46)65(59-33-15-23-42-17-7-9-28-51(42)59)50-27-14-25-48(40-50)52-32-16-34-60-63(52)57-38-35-43-18-8-10-29-53(43)64(57)66-60/h1-41H.